The fraction of sp³-hybridized carbons (Fsp3) is 0. The summed E-state index contributed by atoms with van der Waals surface area (Å²) in [6.07, 6.45) is 0. The molecule has 8 nitrogen and oxygen atoms in total. The number of amides is 4. The van der Waals surface area contributed by atoms with Crippen molar-refractivity contribution in [2.75, 3.05) is 9.80 Å². The van der Waals surface area contributed by atoms with Crippen LogP contribution in [0.15, 0.2) is 109 Å². The quantitative estimate of drug-likeness (QED) is 0.196. The zero-order valence-corrected chi connectivity index (χ0v) is 22.5. The molecule has 0 bridgehead atoms. The van der Waals surface area contributed by atoms with Gasteiger partial charge in [-0.05, 0) is 97.1 Å². The first-order valence-electron chi connectivity index (χ1n) is 13.3. The predicted octanol–water partition coefficient (Wildman–Crippen LogP) is 7.15. The van der Waals surface area contributed by atoms with E-state index in [0.717, 1.165) is 34.1 Å². The van der Waals surface area contributed by atoms with Crippen LogP contribution in [0.25, 0.3) is 0 Å². The van der Waals surface area contributed by atoms with Crippen LogP contribution in [0.1, 0.15) is 41.4 Å². The van der Waals surface area contributed by atoms with Crippen molar-refractivity contribution in [2.24, 2.45) is 0 Å². The first-order chi connectivity index (χ1) is 21.3. The molecule has 0 aliphatic carbocycles. The molecule has 2 aliphatic heterocycles. The van der Waals surface area contributed by atoms with Crippen LogP contribution < -0.4 is 19.3 Å². The number of carbonyl (C=O) groups is 4. The van der Waals surface area contributed by atoms with Crippen LogP contribution in [0.2, 0.25) is 0 Å². The summed E-state index contributed by atoms with van der Waals surface area (Å²) >= 11 is 0. The van der Waals surface area contributed by atoms with Crippen LogP contribution >= 0.6 is 0 Å². The maximum absolute atomic E-state index is 13.6. The molecule has 2 heterocycles. The van der Waals surface area contributed by atoms with Crippen molar-refractivity contribution in [3.8, 4) is 23.0 Å². The maximum atomic E-state index is 13.6. The first kappa shape index (κ1) is 26.7. The molecule has 5 aromatic carbocycles. The minimum atomic E-state index is -0.602. The van der Waals surface area contributed by atoms with Gasteiger partial charge >= 0.3 is 0 Å². The van der Waals surface area contributed by atoms with Gasteiger partial charge in [0.2, 0.25) is 0 Å². The molecule has 4 amide bonds. The van der Waals surface area contributed by atoms with Gasteiger partial charge in [0.15, 0.2) is 0 Å². The number of fused-ring (bicyclic) bond motifs is 2. The van der Waals surface area contributed by atoms with Crippen LogP contribution in [-0.4, -0.2) is 23.6 Å². The van der Waals surface area contributed by atoms with E-state index >= 15 is 0 Å². The summed E-state index contributed by atoms with van der Waals surface area (Å²) in [5.74, 6) is -1.71. The van der Waals surface area contributed by atoms with Crippen molar-refractivity contribution in [3.63, 3.8) is 0 Å². The Hall–Kier alpha value is -6.16. The van der Waals surface area contributed by atoms with Crippen LogP contribution in [0.3, 0.4) is 0 Å². The van der Waals surface area contributed by atoms with Crippen LogP contribution in [0.5, 0.6) is 23.0 Å². The molecule has 0 radical (unpaired) electrons. The Balaban J connectivity index is 1.02. The van der Waals surface area contributed by atoms with E-state index in [1.807, 2.05) is 0 Å². The SMILES string of the molecule is O=C1c2ccc(F)cc2C(=O)N1c1ccc(Oc2cccc(Oc3ccc(N4C(=O)c5ccc(F)cc5C4=O)cc3)c2)cc1. The molecule has 0 saturated carbocycles. The molecule has 0 saturated heterocycles. The van der Waals surface area contributed by atoms with Crippen molar-refractivity contribution in [2.45, 2.75) is 0 Å². The van der Waals surface area contributed by atoms with Gasteiger partial charge in [-0.15, -0.1) is 0 Å². The highest BCUT2D eigenvalue weighted by atomic mass is 19.1. The van der Waals surface area contributed by atoms with E-state index in [-0.39, 0.29) is 22.3 Å². The number of nitrogens with zero attached hydrogens (tertiary/aromatic N) is 2. The monoisotopic (exact) mass is 588 g/mol. The lowest BCUT2D eigenvalue weighted by atomic mass is 10.1. The summed E-state index contributed by atoms with van der Waals surface area (Å²) in [5, 5.41) is 0. The van der Waals surface area contributed by atoms with Crippen LogP contribution in [-0.2, 0) is 0 Å². The number of carbonyl (C=O) groups excluding carboxylic acids is 4. The zero-order valence-electron chi connectivity index (χ0n) is 22.5. The van der Waals surface area contributed by atoms with Gasteiger partial charge in [-0.1, -0.05) is 6.07 Å². The summed E-state index contributed by atoms with van der Waals surface area (Å²) in [4.78, 5) is 53.0. The highest BCUT2D eigenvalue weighted by Crippen LogP contribution is 2.34. The highest BCUT2D eigenvalue weighted by Gasteiger charge is 2.38. The highest BCUT2D eigenvalue weighted by molar-refractivity contribution is 6.35. The minimum absolute atomic E-state index is 0.0158. The lowest BCUT2D eigenvalue weighted by Crippen LogP contribution is -2.29. The van der Waals surface area contributed by atoms with Crippen LogP contribution in [0.4, 0.5) is 20.2 Å². The van der Waals surface area contributed by atoms with Gasteiger partial charge in [0.05, 0.1) is 33.6 Å². The normalized spacial score (nSPS) is 13.8. The van der Waals surface area contributed by atoms with E-state index in [4.69, 9.17) is 9.47 Å². The van der Waals surface area contributed by atoms with E-state index in [2.05, 4.69) is 0 Å². The largest absolute Gasteiger partial charge is 0.457 e. The van der Waals surface area contributed by atoms with E-state index in [1.54, 1.807) is 72.8 Å². The third-order valence-electron chi connectivity index (χ3n) is 7.16. The summed E-state index contributed by atoms with van der Waals surface area (Å²) in [6.45, 7) is 0. The Morgan fingerprint density at radius 2 is 0.795 bits per heavy atom. The molecular weight excluding hydrogens is 570 g/mol. The van der Waals surface area contributed by atoms with Crippen molar-refractivity contribution in [1.29, 1.82) is 0 Å². The predicted molar refractivity (Wildman–Crippen MR) is 155 cm³/mol. The van der Waals surface area contributed by atoms with Gasteiger partial charge in [-0.3, -0.25) is 19.2 Å². The lowest BCUT2D eigenvalue weighted by molar-refractivity contribution is 0.0910. The molecule has 0 fully saturated rings. The fourth-order valence-electron chi connectivity index (χ4n) is 5.09. The maximum Gasteiger partial charge on any atom is 0.266 e. The van der Waals surface area contributed by atoms with E-state index in [1.165, 1.54) is 12.1 Å². The van der Waals surface area contributed by atoms with Crippen LogP contribution in [0, 0.1) is 11.6 Å². The topological polar surface area (TPSA) is 93.2 Å². The number of rotatable bonds is 6. The lowest BCUT2D eigenvalue weighted by Gasteiger charge is -2.15. The molecule has 0 aromatic heterocycles. The molecule has 44 heavy (non-hydrogen) atoms. The second kappa shape index (κ2) is 10.3. The molecule has 0 spiro atoms. The number of hydrogen-bond acceptors (Lipinski definition) is 6. The first-order valence-corrected chi connectivity index (χ1v) is 13.3. The molecule has 5 aromatic rings. The molecule has 0 unspecified atom stereocenters. The number of hydrogen-bond donors (Lipinski definition) is 0. The number of benzene rings is 5. The van der Waals surface area contributed by atoms with E-state index in [9.17, 15) is 28.0 Å². The summed E-state index contributed by atoms with van der Waals surface area (Å²) in [6, 6.07) is 26.4. The standard InChI is InChI=1S/C34H18F2N2O6/c35-19-4-14-27-29(16-19)33(41)37(31(27)39)21-6-10-23(11-7-21)43-25-2-1-3-26(18-25)44-24-12-8-22(9-13-24)38-32(40)28-15-5-20(36)17-30(28)34(38)42/h1-18H. The molecule has 214 valence electrons. The third kappa shape index (κ3) is 4.54. The number of anilines is 2. The average molecular weight is 589 g/mol. The zero-order chi connectivity index (χ0) is 30.5. The Kier molecular flexibility index (Phi) is 6.24. The Labute approximate surface area is 248 Å². The third-order valence-corrected chi connectivity index (χ3v) is 7.16. The molecule has 0 atom stereocenters. The van der Waals surface area contributed by atoms with Gasteiger partial charge in [-0.2, -0.15) is 0 Å². The van der Waals surface area contributed by atoms with Gasteiger partial charge in [0.1, 0.15) is 34.6 Å². The second-order valence-electron chi connectivity index (χ2n) is 9.94. The van der Waals surface area contributed by atoms with E-state index < -0.39 is 35.3 Å². The number of imide groups is 2. The molecule has 0 N–H and O–H groups in total. The molecule has 2 aliphatic rings. The van der Waals surface area contributed by atoms with Crippen molar-refractivity contribution in [3.05, 3.63) is 143 Å². The molecular formula is C34H18F2N2O6. The summed E-state index contributed by atoms with van der Waals surface area (Å²) < 4.78 is 39.1. The van der Waals surface area contributed by atoms with Gasteiger partial charge < -0.3 is 9.47 Å². The van der Waals surface area contributed by atoms with Gasteiger partial charge in [0.25, 0.3) is 23.6 Å². The summed E-state index contributed by atoms with van der Waals surface area (Å²) in [7, 11) is 0. The van der Waals surface area contributed by atoms with Crippen molar-refractivity contribution >= 4 is 35.0 Å². The second-order valence-corrected chi connectivity index (χ2v) is 9.94. The van der Waals surface area contributed by atoms with Gasteiger partial charge in [0, 0.05) is 6.07 Å². The van der Waals surface area contributed by atoms with Crippen molar-refractivity contribution in [1.82, 2.24) is 0 Å². The Morgan fingerprint density at radius 1 is 0.409 bits per heavy atom. The fourth-order valence-corrected chi connectivity index (χ4v) is 5.09. The Bertz CT molecular complexity index is 1880. The molecule has 7 rings (SSSR count). The number of halogens is 2. The summed E-state index contributed by atoms with van der Waals surface area (Å²) in [5.41, 5.74) is 0.951. The van der Waals surface area contributed by atoms with Crippen molar-refractivity contribution < 1.29 is 37.4 Å². The number of ether oxygens (including phenoxy) is 2. The van der Waals surface area contributed by atoms with E-state index in [0.29, 0.717) is 34.4 Å². The average Bonchev–Trinajstić information content (AvgIpc) is 3.41. The smallest absolute Gasteiger partial charge is 0.266 e. The molecule has 10 heteroatoms. The van der Waals surface area contributed by atoms with Gasteiger partial charge in [-0.25, -0.2) is 18.6 Å². The Morgan fingerprint density at radius 3 is 1.20 bits per heavy atom. The minimum Gasteiger partial charge on any atom is -0.457 e.